The second-order valence-corrected chi connectivity index (χ2v) is 4.10. The summed E-state index contributed by atoms with van der Waals surface area (Å²) in [5.74, 6) is -0.284. The fourth-order valence-electron chi connectivity index (χ4n) is 1.38. The van der Waals surface area contributed by atoms with E-state index in [0.717, 1.165) is 6.42 Å². The van der Waals surface area contributed by atoms with E-state index in [1.807, 2.05) is 13.8 Å². The summed E-state index contributed by atoms with van der Waals surface area (Å²) < 4.78 is 24.6. The molecule has 0 aliphatic heterocycles. The molecule has 0 bridgehead atoms. The highest BCUT2D eigenvalue weighted by Gasteiger charge is 2.24. The van der Waals surface area contributed by atoms with E-state index in [-0.39, 0.29) is 25.1 Å². The van der Waals surface area contributed by atoms with Crippen molar-refractivity contribution in [3.63, 3.8) is 0 Å². The van der Waals surface area contributed by atoms with Crippen molar-refractivity contribution in [3.05, 3.63) is 0 Å². The molecule has 0 spiro atoms. The number of aliphatic hydroxyl groups excluding tert-OH is 1. The number of hydrogen-bond acceptors (Lipinski definition) is 3. The van der Waals surface area contributed by atoms with Crippen LogP contribution in [0.25, 0.3) is 0 Å². The largest absolute Gasteiger partial charge is 0.395 e. The number of rotatable bonds is 8. The summed E-state index contributed by atoms with van der Waals surface area (Å²) in [7, 11) is 0. The lowest BCUT2D eigenvalue weighted by Crippen LogP contribution is -2.49. The first-order chi connectivity index (χ1) is 7.92. The number of alkyl halides is 2. The van der Waals surface area contributed by atoms with Crippen LogP contribution in [0.1, 0.15) is 27.2 Å². The van der Waals surface area contributed by atoms with Crippen molar-refractivity contribution in [1.29, 1.82) is 0 Å². The average Bonchev–Trinajstić information content (AvgIpc) is 2.26. The van der Waals surface area contributed by atoms with Crippen LogP contribution in [0.3, 0.4) is 0 Å². The van der Waals surface area contributed by atoms with Crippen LogP contribution in [0.4, 0.5) is 8.78 Å². The highest BCUT2D eigenvalue weighted by Crippen LogP contribution is 2.05. The zero-order chi connectivity index (χ0) is 13.4. The van der Waals surface area contributed by atoms with E-state index in [4.69, 9.17) is 5.11 Å². The maximum atomic E-state index is 12.3. The van der Waals surface area contributed by atoms with Gasteiger partial charge in [-0.25, -0.2) is 8.78 Å². The lowest BCUT2D eigenvalue weighted by atomic mass is 10.2. The van der Waals surface area contributed by atoms with Crippen molar-refractivity contribution in [3.8, 4) is 0 Å². The normalized spacial score (nSPS) is 15.1. The predicted octanol–water partition coefficient (Wildman–Crippen LogP) is 0.849. The second kappa shape index (κ2) is 8.36. The third-order valence-corrected chi connectivity index (χ3v) is 2.69. The zero-order valence-electron chi connectivity index (χ0n) is 10.6. The summed E-state index contributed by atoms with van der Waals surface area (Å²) in [4.78, 5) is 13.0. The number of aliphatic hydroxyl groups is 1. The van der Waals surface area contributed by atoms with Crippen LogP contribution in [0.15, 0.2) is 0 Å². The quantitative estimate of drug-likeness (QED) is 0.673. The van der Waals surface area contributed by atoms with E-state index in [0.29, 0.717) is 0 Å². The molecule has 0 aromatic rings. The average molecular weight is 252 g/mol. The summed E-state index contributed by atoms with van der Waals surface area (Å²) in [6.07, 6.45) is -1.73. The van der Waals surface area contributed by atoms with Gasteiger partial charge in [-0.2, -0.15) is 0 Å². The molecule has 0 aliphatic carbocycles. The Morgan fingerprint density at radius 2 is 2.00 bits per heavy atom. The summed E-state index contributed by atoms with van der Waals surface area (Å²) in [6, 6.07) is -0.641. The summed E-state index contributed by atoms with van der Waals surface area (Å²) in [6.45, 7) is 4.67. The lowest BCUT2D eigenvalue weighted by molar-refractivity contribution is -0.127. The van der Waals surface area contributed by atoms with E-state index in [1.54, 1.807) is 6.92 Å². The highest BCUT2D eigenvalue weighted by atomic mass is 19.3. The highest BCUT2D eigenvalue weighted by molar-refractivity contribution is 5.81. The van der Waals surface area contributed by atoms with Crippen LogP contribution in [0.5, 0.6) is 0 Å². The lowest BCUT2D eigenvalue weighted by Gasteiger charge is -2.28. The van der Waals surface area contributed by atoms with Crippen molar-refractivity contribution in [1.82, 2.24) is 10.2 Å². The van der Waals surface area contributed by atoms with Gasteiger partial charge in [-0.1, -0.05) is 6.92 Å². The number of hydrogen-bond donors (Lipinski definition) is 2. The molecule has 1 amide bonds. The number of amides is 1. The van der Waals surface area contributed by atoms with Crippen LogP contribution in [0.2, 0.25) is 0 Å². The smallest absolute Gasteiger partial charge is 0.251 e. The molecule has 0 heterocycles. The Morgan fingerprint density at radius 3 is 2.41 bits per heavy atom. The molecule has 4 nitrogen and oxygen atoms in total. The van der Waals surface area contributed by atoms with Crippen molar-refractivity contribution in [2.75, 3.05) is 19.7 Å². The van der Waals surface area contributed by atoms with Crippen LogP contribution in [0, 0.1) is 0 Å². The summed E-state index contributed by atoms with van der Waals surface area (Å²) in [5.41, 5.74) is 0. The van der Waals surface area contributed by atoms with E-state index >= 15 is 0 Å². The fourth-order valence-corrected chi connectivity index (χ4v) is 1.38. The molecule has 6 heteroatoms. The van der Waals surface area contributed by atoms with Gasteiger partial charge in [0.25, 0.3) is 6.43 Å². The fraction of sp³-hybridized carbons (Fsp3) is 0.909. The van der Waals surface area contributed by atoms with Gasteiger partial charge in [0.2, 0.25) is 5.91 Å². The van der Waals surface area contributed by atoms with Gasteiger partial charge in [0.15, 0.2) is 0 Å². The third kappa shape index (κ3) is 6.53. The molecule has 2 unspecified atom stereocenters. The maximum Gasteiger partial charge on any atom is 0.251 e. The van der Waals surface area contributed by atoms with Gasteiger partial charge in [-0.3, -0.25) is 9.69 Å². The van der Waals surface area contributed by atoms with Crippen LogP contribution in [-0.2, 0) is 4.79 Å². The number of halogens is 2. The molecular weight excluding hydrogens is 230 g/mol. The molecule has 0 aromatic carbocycles. The van der Waals surface area contributed by atoms with Crippen molar-refractivity contribution < 1.29 is 18.7 Å². The molecule has 0 saturated heterocycles. The first kappa shape index (κ1) is 16.2. The van der Waals surface area contributed by atoms with Gasteiger partial charge in [0.1, 0.15) is 0 Å². The minimum Gasteiger partial charge on any atom is -0.395 e. The first-order valence-corrected chi connectivity index (χ1v) is 5.85. The Bertz CT molecular complexity index is 228. The summed E-state index contributed by atoms with van der Waals surface area (Å²) in [5, 5.41) is 11.5. The third-order valence-electron chi connectivity index (χ3n) is 2.69. The van der Waals surface area contributed by atoms with Gasteiger partial charge in [0, 0.05) is 12.6 Å². The molecule has 102 valence electrons. The number of carbonyl (C=O) groups is 1. The van der Waals surface area contributed by atoms with Crippen molar-refractivity contribution >= 4 is 5.91 Å². The number of carbonyl (C=O) groups excluding carboxylic acids is 1. The zero-order valence-corrected chi connectivity index (χ0v) is 10.6. The molecule has 17 heavy (non-hydrogen) atoms. The van der Waals surface area contributed by atoms with Crippen LogP contribution >= 0.6 is 0 Å². The molecule has 0 aliphatic rings. The number of nitrogens with one attached hydrogen (secondary N) is 1. The van der Waals surface area contributed by atoms with E-state index in [1.165, 1.54) is 4.90 Å². The molecule has 0 fully saturated rings. The predicted molar refractivity (Wildman–Crippen MR) is 62.0 cm³/mol. The molecule has 0 aromatic heterocycles. The van der Waals surface area contributed by atoms with Gasteiger partial charge in [-0.05, 0) is 20.3 Å². The van der Waals surface area contributed by atoms with Gasteiger partial charge in [0.05, 0.1) is 19.2 Å². The minimum atomic E-state index is -2.51. The topological polar surface area (TPSA) is 52.6 Å². The Labute approximate surface area is 101 Å². The minimum absolute atomic E-state index is 0.0208. The molecule has 0 saturated carbocycles. The Balaban J connectivity index is 4.37. The molecular formula is C11H22F2N2O2. The van der Waals surface area contributed by atoms with E-state index < -0.39 is 19.0 Å². The van der Waals surface area contributed by atoms with Gasteiger partial charge < -0.3 is 10.4 Å². The SMILES string of the molecule is CCC(C)NC(=O)C(C)N(CCO)CC(F)F. The van der Waals surface area contributed by atoms with Gasteiger partial charge >= 0.3 is 0 Å². The van der Waals surface area contributed by atoms with Crippen LogP contribution in [-0.4, -0.2) is 54.1 Å². The van der Waals surface area contributed by atoms with Crippen LogP contribution < -0.4 is 5.32 Å². The van der Waals surface area contributed by atoms with E-state index in [2.05, 4.69) is 5.32 Å². The van der Waals surface area contributed by atoms with Gasteiger partial charge in [-0.15, -0.1) is 0 Å². The standard InChI is InChI=1S/C11H22F2N2O2/c1-4-8(2)14-11(17)9(3)15(5-6-16)7-10(12)13/h8-10,16H,4-7H2,1-3H3,(H,14,17). The number of nitrogens with zero attached hydrogens (tertiary/aromatic N) is 1. The maximum absolute atomic E-state index is 12.3. The monoisotopic (exact) mass is 252 g/mol. The summed E-state index contributed by atoms with van der Waals surface area (Å²) >= 11 is 0. The molecule has 0 rings (SSSR count). The van der Waals surface area contributed by atoms with Crippen molar-refractivity contribution in [2.45, 2.75) is 45.7 Å². The molecule has 0 radical (unpaired) electrons. The first-order valence-electron chi connectivity index (χ1n) is 5.85. The molecule has 2 N–H and O–H groups in total. The Hall–Kier alpha value is -0.750. The molecule has 2 atom stereocenters. The van der Waals surface area contributed by atoms with E-state index in [9.17, 15) is 13.6 Å². The Morgan fingerprint density at radius 1 is 1.41 bits per heavy atom. The Kier molecular flexibility index (Phi) is 7.99. The van der Waals surface area contributed by atoms with Crippen molar-refractivity contribution in [2.24, 2.45) is 0 Å². The second-order valence-electron chi connectivity index (χ2n) is 4.10.